The van der Waals surface area contributed by atoms with E-state index >= 15 is 0 Å². The zero-order chi connectivity index (χ0) is 16.0. The molecule has 0 aliphatic carbocycles. The maximum absolute atomic E-state index is 12.3. The largest absolute Gasteiger partial charge is 0.350 e. The lowest BCUT2D eigenvalue weighted by Gasteiger charge is -2.23. The van der Waals surface area contributed by atoms with Crippen molar-refractivity contribution in [1.29, 1.82) is 0 Å². The fourth-order valence-corrected chi connectivity index (χ4v) is 3.18. The van der Waals surface area contributed by atoms with Gasteiger partial charge in [0.05, 0.1) is 22.9 Å². The van der Waals surface area contributed by atoms with Crippen molar-refractivity contribution in [2.75, 3.05) is 5.75 Å². The maximum atomic E-state index is 12.3. The Morgan fingerprint density at radius 3 is 1.86 bits per heavy atom. The van der Waals surface area contributed by atoms with Gasteiger partial charge < -0.3 is 9.47 Å². The molecule has 0 bridgehead atoms. The van der Waals surface area contributed by atoms with E-state index in [1.165, 1.54) is 0 Å². The van der Waals surface area contributed by atoms with E-state index < -0.39 is 16.1 Å². The average Bonchev–Trinajstić information content (AvgIpc) is 2.35. The molecule has 1 aromatic rings. The van der Waals surface area contributed by atoms with Crippen LogP contribution in [0.25, 0.3) is 0 Å². The highest BCUT2D eigenvalue weighted by atomic mass is 32.2. The summed E-state index contributed by atoms with van der Waals surface area (Å²) in [5, 5.41) is 0. The average molecular weight is 314 g/mol. The van der Waals surface area contributed by atoms with Crippen molar-refractivity contribution in [1.82, 2.24) is 0 Å². The molecule has 0 saturated heterocycles. The number of benzene rings is 1. The summed E-state index contributed by atoms with van der Waals surface area (Å²) in [5.41, 5.74) is 1.04. The number of hydrogen-bond donors (Lipinski definition) is 0. The summed E-state index contributed by atoms with van der Waals surface area (Å²) >= 11 is 0. The molecule has 0 fully saturated rings. The molecule has 0 aliphatic rings. The zero-order valence-corrected chi connectivity index (χ0v) is 14.3. The van der Waals surface area contributed by atoms with Crippen LogP contribution in [0.4, 0.5) is 0 Å². The Morgan fingerprint density at radius 2 is 1.43 bits per heavy atom. The van der Waals surface area contributed by atoms with Crippen LogP contribution in [-0.4, -0.2) is 32.7 Å². The van der Waals surface area contributed by atoms with Gasteiger partial charge in [0.15, 0.2) is 16.1 Å². The predicted molar refractivity (Wildman–Crippen MR) is 84.1 cm³/mol. The number of sulfone groups is 1. The summed E-state index contributed by atoms with van der Waals surface area (Å²) in [6, 6.07) is 6.90. The van der Waals surface area contributed by atoms with Gasteiger partial charge in [-0.25, -0.2) is 8.42 Å². The molecule has 5 heteroatoms. The molecule has 0 saturated carbocycles. The summed E-state index contributed by atoms with van der Waals surface area (Å²) in [4.78, 5) is 0.348. The minimum absolute atomic E-state index is 0.00386. The molecule has 0 atom stereocenters. The third-order valence-corrected chi connectivity index (χ3v) is 4.61. The molecule has 0 N–H and O–H groups in total. The summed E-state index contributed by atoms with van der Waals surface area (Å²) in [7, 11) is -3.30. The van der Waals surface area contributed by atoms with Gasteiger partial charge in [0.2, 0.25) is 0 Å². The third kappa shape index (κ3) is 6.59. The second-order valence-electron chi connectivity index (χ2n) is 5.72. The Morgan fingerprint density at radius 1 is 0.952 bits per heavy atom. The van der Waals surface area contributed by atoms with Gasteiger partial charge in [-0.05, 0) is 46.8 Å². The van der Waals surface area contributed by atoms with Crippen LogP contribution in [0.5, 0.6) is 0 Å². The highest BCUT2D eigenvalue weighted by Crippen LogP contribution is 2.16. The van der Waals surface area contributed by atoms with Gasteiger partial charge in [0.1, 0.15) is 0 Å². The fraction of sp³-hybridized carbons (Fsp3) is 0.625. The topological polar surface area (TPSA) is 52.6 Å². The van der Waals surface area contributed by atoms with E-state index in [4.69, 9.17) is 9.47 Å². The van der Waals surface area contributed by atoms with E-state index in [1.54, 1.807) is 24.3 Å². The van der Waals surface area contributed by atoms with Gasteiger partial charge in [-0.3, -0.25) is 0 Å². The molecule has 0 aliphatic heterocycles. The van der Waals surface area contributed by atoms with Crippen LogP contribution < -0.4 is 0 Å². The standard InChI is InChI=1S/C16H26O4S/c1-12(2)19-16(20-13(3)4)10-11-21(17,18)15-8-6-14(5)7-9-15/h6-9,12-13,16H,10-11H2,1-5H3. The summed E-state index contributed by atoms with van der Waals surface area (Å²) in [6.45, 7) is 9.56. The molecule has 0 aromatic heterocycles. The van der Waals surface area contributed by atoms with Crippen molar-refractivity contribution in [3.63, 3.8) is 0 Å². The van der Waals surface area contributed by atoms with Crippen molar-refractivity contribution in [3.05, 3.63) is 29.8 Å². The van der Waals surface area contributed by atoms with Crippen LogP contribution in [0, 0.1) is 6.92 Å². The first kappa shape index (κ1) is 18.1. The molecule has 0 spiro atoms. The fourth-order valence-electron chi connectivity index (χ4n) is 1.89. The summed E-state index contributed by atoms with van der Waals surface area (Å²) in [6.07, 6.45) is -0.177. The van der Waals surface area contributed by atoms with Crippen LogP contribution in [0.15, 0.2) is 29.2 Å². The van der Waals surface area contributed by atoms with Crippen LogP contribution in [0.1, 0.15) is 39.7 Å². The normalized spacial score (nSPS) is 12.6. The van der Waals surface area contributed by atoms with Gasteiger partial charge in [-0.1, -0.05) is 17.7 Å². The SMILES string of the molecule is Cc1ccc(S(=O)(=O)CCC(OC(C)C)OC(C)C)cc1. The van der Waals surface area contributed by atoms with E-state index in [1.807, 2.05) is 34.6 Å². The Bertz CT molecular complexity index is 508. The molecule has 120 valence electrons. The lowest BCUT2D eigenvalue weighted by molar-refractivity contribution is -0.181. The lowest BCUT2D eigenvalue weighted by Crippen LogP contribution is -2.27. The highest BCUT2D eigenvalue weighted by molar-refractivity contribution is 7.91. The minimum atomic E-state index is -3.30. The number of ether oxygens (including phenoxy) is 2. The summed E-state index contributed by atoms with van der Waals surface area (Å²) in [5.74, 6) is 0.0141. The number of rotatable bonds is 8. The molecule has 0 heterocycles. The molecule has 1 aromatic carbocycles. The highest BCUT2D eigenvalue weighted by Gasteiger charge is 2.20. The Balaban J connectivity index is 2.71. The van der Waals surface area contributed by atoms with Gasteiger partial charge in [0.25, 0.3) is 0 Å². The van der Waals surface area contributed by atoms with Crippen LogP contribution in [0.3, 0.4) is 0 Å². The minimum Gasteiger partial charge on any atom is -0.350 e. The van der Waals surface area contributed by atoms with Gasteiger partial charge in [-0.2, -0.15) is 0 Å². The van der Waals surface area contributed by atoms with Gasteiger partial charge >= 0.3 is 0 Å². The van der Waals surface area contributed by atoms with Crippen LogP contribution >= 0.6 is 0 Å². The first-order valence-electron chi connectivity index (χ1n) is 7.31. The van der Waals surface area contributed by atoms with E-state index in [9.17, 15) is 8.42 Å². The second-order valence-corrected chi connectivity index (χ2v) is 7.83. The van der Waals surface area contributed by atoms with E-state index in [-0.39, 0.29) is 18.0 Å². The lowest BCUT2D eigenvalue weighted by atomic mass is 10.2. The molecule has 0 unspecified atom stereocenters. The monoisotopic (exact) mass is 314 g/mol. The van der Waals surface area contributed by atoms with E-state index in [2.05, 4.69) is 0 Å². The van der Waals surface area contributed by atoms with E-state index in [0.717, 1.165) is 5.56 Å². The van der Waals surface area contributed by atoms with Crippen molar-refractivity contribution in [2.45, 2.75) is 64.4 Å². The molecule has 0 amide bonds. The first-order chi connectivity index (χ1) is 9.70. The Labute approximate surface area is 128 Å². The van der Waals surface area contributed by atoms with Crippen molar-refractivity contribution in [3.8, 4) is 0 Å². The number of aryl methyl sites for hydroxylation is 1. The predicted octanol–water partition coefficient (Wildman–Crippen LogP) is 3.33. The molecule has 4 nitrogen and oxygen atoms in total. The Hall–Kier alpha value is -0.910. The molecular weight excluding hydrogens is 288 g/mol. The number of hydrogen-bond acceptors (Lipinski definition) is 4. The van der Waals surface area contributed by atoms with E-state index in [0.29, 0.717) is 11.3 Å². The second kappa shape index (κ2) is 7.92. The smallest absolute Gasteiger partial charge is 0.178 e. The van der Waals surface area contributed by atoms with Crippen molar-refractivity contribution >= 4 is 9.84 Å². The zero-order valence-electron chi connectivity index (χ0n) is 13.5. The summed E-state index contributed by atoms with van der Waals surface area (Å²) < 4.78 is 35.9. The van der Waals surface area contributed by atoms with Crippen molar-refractivity contribution < 1.29 is 17.9 Å². The quantitative estimate of drug-likeness (QED) is 0.691. The third-order valence-electron chi connectivity index (χ3n) is 2.85. The van der Waals surface area contributed by atoms with Crippen molar-refractivity contribution in [2.24, 2.45) is 0 Å². The van der Waals surface area contributed by atoms with Gasteiger partial charge in [0, 0.05) is 6.42 Å². The molecule has 0 radical (unpaired) electrons. The van der Waals surface area contributed by atoms with Crippen LogP contribution in [0.2, 0.25) is 0 Å². The molecule has 21 heavy (non-hydrogen) atoms. The first-order valence-corrected chi connectivity index (χ1v) is 8.96. The van der Waals surface area contributed by atoms with Gasteiger partial charge in [-0.15, -0.1) is 0 Å². The van der Waals surface area contributed by atoms with Crippen LogP contribution in [-0.2, 0) is 19.3 Å². The maximum Gasteiger partial charge on any atom is 0.178 e. The Kier molecular flexibility index (Phi) is 6.84. The molecular formula is C16H26O4S. The molecule has 1 rings (SSSR count).